The largest absolute Gasteiger partial charge is 0.361 e. The Morgan fingerprint density at radius 2 is 1.82 bits per heavy atom. The van der Waals surface area contributed by atoms with Crippen LogP contribution >= 0.6 is 0 Å². The van der Waals surface area contributed by atoms with Gasteiger partial charge in [-0.25, -0.2) is 0 Å². The standard InChI is InChI=1S/C22H26N4O2/c1-3-24-21(27)16-10-8-15(9-11-16)13-25-20(22(28)23-2)12-17-14-26-19-7-5-4-6-18(17)19/h4-11,14,20,25-26H,3,12-13H2,1-2H3,(H,23,28)(H,24,27)/t20-/m0/s1. The van der Waals surface area contributed by atoms with E-state index in [-0.39, 0.29) is 17.9 Å². The van der Waals surface area contributed by atoms with Gasteiger partial charge in [0.25, 0.3) is 5.91 Å². The van der Waals surface area contributed by atoms with Crippen LogP contribution in [-0.2, 0) is 17.8 Å². The van der Waals surface area contributed by atoms with Crippen LogP contribution in [0.1, 0.15) is 28.4 Å². The van der Waals surface area contributed by atoms with E-state index < -0.39 is 0 Å². The number of aromatic amines is 1. The lowest BCUT2D eigenvalue weighted by atomic mass is 10.0. The number of carbonyl (C=O) groups excluding carboxylic acids is 2. The maximum atomic E-state index is 12.4. The second-order valence-electron chi connectivity index (χ2n) is 6.67. The van der Waals surface area contributed by atoms with E-state index in [4.69, 9.17) is 0 Å². The van der Waals surface area contributed by atoms with Crippen LogP contribution in [0.3, 0.4) is 0 Å². The molecular weight excluding hydrogens is 352 g/mol. The Balaban J connectivity index is 1.68. The SMILES string of the molecule is CCNC(=O)c1ccc(CN[C@@H](Cc2c[nH]c3ccccc23)C(=O)NC)cc1. The van der Waals surface area contributed by atoms with Gasteiger partial charge in [0.05, 0.1) is 6.04 Å². The van der Waals surface area contributed by atoms with Crippen LogP contribution in [0, 0.1) is 0 Å². The number of rotatable bonds is 8. The predicted molar refractivity (Wildman–Crippen MR) is 111 cm³/mol. The van der Waals surface area contributed by atoms with Crippen LogP contribution < -0.4 is 16.0 Å². The first-order chi connectivity index (χ1) is 13.6. The maximum absolute atomic E-state index is 12.4. The molecule has 2 amide bonds. The molecule has 146 valence electrons. The number of para-hydroxylation sites is 1. The summed E-state index contributed by atoms with van der Waals surface area (Å²) in [5, 5.41) is 9.98. The molecule has 0 spiro atoms. The summed E-state index contributed by atoms with van der Waals surface area (Å²) in [5.41, 5.74) is 3.81. The van der Waals surface area contributed by atoms with Crippen molar-refractivity contribution >= 4 is 22.7 Å². The molecule has 0 bridgehead atoms. The molecule has 3 rings (SSSR count). The molecule has 0 saturated carbocycles. The number of amides is 2. The third-order valence-electron chi connectivity index (χ3n) is 4.77. The van der Waals surface area contributed by atoms with E-state index in [1.165, 1.54) is 0 Å². The number of benzene rings is 2. The molecule has 6 nitrogen and oxygen atoms in total. The first-order valence-corrected chi connectivity index (χ1v) is 9.49. The van der Waals surface area contributed by atoms with Gasteiger partial charge in [0.1, 0.15) is 0 Å². The molecule has 3 aromatic rings. The average molecular weight is 378 g/mol. The molecule has 1 atom stereocenters. The van der Waals surface area contributed by atoms with Crippen molar-refractivity contribution in [1.29, 1.82) is 0 Å². The van der Waals surface area contributed by atoms with Gasteiger partial charge >= 0.3 is 0 Å². The molecule has 28 heavy (non-hydrogen) atoms. The number of hydrogen-bond donors (Lipinski definition) is 4. The Morgan fingerprint density at radius 1 is 1.07 bits per heavy atom. The van der Waals surface area contributed by atoms with Gasteiger partial charge in [0, 0.05) is 42.8 Å². The minimum absolute atomic E-state index is 0.0516. The smallest absolute Gasteiger partial charge is 0.251 e. The molecule has 0 aliphatic carbocycles. The highest BCUT2D eigenvalue weighted by molar-refractivity contribution is 5.94. The van der Waals surface area contributed by atoms with Gasteiger partial charge in [-0.3, -0.25) is 9.59 Å². The molecule has 0 aliphatic heterocycles. The quantitative estimate of drug-likeness (QED) is 0.485. The van der Waals surface area contributed by atoms with E-state index in [9.17, 15) is 9.59 Å². The fourth-order valence-corrected chi connectivity index (χ4v) is 3.23. The highest BCUT2D eigenvalue weighted by Crippen LogP contribution is 2.19. The molecule has 6 heteroatoms. The lowest BCUT2D eigenvalue weighted by Gasteiger charge is -2.17. The second-order valence-corrected chi connectivity index (χ2v) is 6.67. The Labute approximate surface area is 164 Å². The molecule has 0 radical (unpaired) electrons. The van der Waals surface area contributed by atoms with Crippen molar-refractivity contribution in [3.63, 3.8) is 0 Å². The Bertz CT molecular complexity index is 947. The minimum atomic E-state index is -0.354. The Kier molecular flexibility index (Phi) is 6.45. The molecule has 0 saturated heterocycles. The fourth-order valence-electron chi connectivity index (χ4n) is 3.23. The predicted octanol–water partition coefficient (Wildman–Crippen LogP) is 2.36. The van der Waals surface area contributed by atoms with Crippen molar-refractivity contribution in [1.82, 2.24) is 20.9 Å². The maximum Gasteiger partial charge on any atom is 0.251 e. The van der Waals surface area contributed by atoms with Gasteiger partial charge in [0.15, 0.2) is 0 Å². The summed E-state index contributed by atoms with van der Waals surface area (Å²) in [6.45, 7) is 3.03. The van der Waals surface area contributed by atoms with Crippen LogP contribution in [-0.4, -0.2) is 36.4 Å². The molecule has 1 aromatic heterocycles. The zero-order valence-corrected chi connectivity index (χ0v) is 16.2. The molecule has 0 aliphatic rings. The van der Waals surface area contributed by atoms with Crippen molar-refractivity contribution in [2.24, 2.45) is 0 Å². The first kappa shape index (κ1) is 19.6. The van der Waals surface area contributed by atoms with Gasteiger partial charge in [-0.15, -0.1) is 0 Å². The Morgan fingerprint density at radius 3 is 2.54 bits per heavy atom. The van der Waals surface area contributed by atoms with Crippen LogP contribution in [0.4, 0.5) is 0 Å². The highest BCUT2D eigenvalue weighted by Gasteiger charge is 2.19. The number of carbonyl (C=O) groups is 2. The summed E-state index contributed by atoms with van der Waals surface area (Å²) in [6.07, 6.45) is 2.55. The monoisotopic (exact) mass is 378 g/mol. The minimum Gasteiger partial charge on any atom is -0.361 e. The third-order valence-corrected chi connectivity index (χ3v) is 4.77. The zero-order valence-electron chi connectivity index (χ0n) is 16.2. The highest BCUT2D eigenvalue weighted by atomic mass is 16.2. The second kappa shape index (κ2) is 9.19. The van der Waals surface area contributed by atoms with E-state index >= 15 is 0 Å². The topological polar surface area (TPSA) is 86.0 Å². The van der Waals surface area contributed by atoms with Crippen molar-refractivity contribution in [2.45, 2.75) is 25.9 Å². The fraction of sp³-hybridized carbons (Fsp3) is 0.273. The summed E-state index contributed by atoms with van der Waals surface area (Å²) in [7, 11) is 1.65. The van der Waals surface area contributed by atoms with E-state index in [1.54, 1.807) is 19.2 Å². The first-order valence-electron chi connectivity index (χ1n) is 9.49. The van der Waals surface area contributed by atoms with Gasteiger partial charge < -0.3 is 20.9 Å². The van der Waals surface area contributed by atoms with E-state index in [0.29, 0.717) is 25.1 Å². The zero-order chi connectivity index (χ0) is 19.9. The summed E-state index contributed by atoms with van der Waals surface area (Å²) < 4.78 is 0. The van der Waals surface area contributed by atoms with Crippen molar-refractivity contribution in [3.8, 4) is 0 Å². The number of aromatic nitrogens is 1. The lowest BCUT2D eigenvalue weighted by molar-refractivity contribution is -0.122. The lowest BCUT2D eigenvalue weighted by Crippen LogP contribution is -2.44. The summed E-state index contributed by atoms with van der Waals surface area (Å²) in [6, 6.07) is 15.1. The molecule has 4 N–H and O–H groups in total. The summed E-state index contributed by atoms with van der Waals surface area (Å²) in [5.74, 6) is -0.131. The van der Waals surface area contributed by atoms with Crippen LogP contribution in [0.5, 0.6) is 0 Å². The van der Waals surface area contributed by atoms with Gasteiger partial charge in [-0.05, 0) is 42.7 Å². The van der Waals surface area contributed by atoms with Crippen LogP contribution in [0.15, 0.2) is 54.7 Å². The van der Waals surface area contributed by atoms with Crippen molar-refractivity contribution in [3.05, 3.63) is 71.4 Å². The number of hydrogen-bond acceptors (Lipinski definition) is 3. The molecule has 0 fully saturated rings. The van der Waals surface area contributed by atoms with Crippen molar-refractivity contribution < 1.29 is 9.59 Å². The third kappa shape index (κ3) is 4.58. The van der Waals surface area contributed by atoms with E-state index in [1.807, 2.05) is 43.5 Å². The molecular formula is C22H26N4O2. The number of H-pyrrole nitrogens is 1. The number of fused-ring (bicyclic) bond motifs is 1. The van der Waals surface area contributed by atoms with Crippen LogP contribution in [0.2, 0.25) is 0 Å². The van der Waals surface area contributed by atoms with Gasteiger partial charge in [0.2, 0.25) is 5.91 Å². The van der Waals surface area contributed by atoms with E-state index in [2.05, 4.69) is 27.0 Å². The normalized spacial score (nSPS) is 11.9. The number of nitrogens with one attached hydrogen (secondary N) is 4. The summed E-state index contributed by atoms with van der Waals surface area (Å²) in [4.78, 5) is 27.5. The molecule has 1 heterocycles. The average Bonchev–Trinajstić information content (AvgIpc) is 3.14. The summed E-state index contributed by atoms with van der Waals surface area (Å²) >= 11 is 0. The molecule has 2 aromatic carbocycles. The van der Waals surface area contributed by atoms with Crippen LogP contribution in [0.25, 0.3) is 10.9 Å². The number of likely N-dealkylation sites (N-methyl/N-ethyl adjacent to an activating group) is 1. The molecule has 0 unspecified atom stereocenters. The van der Waals surface area contributed by atoms with Gasteiger partial charge in [-0.2, -0.15) is 0 Å². The van der Waals surface area contributed by atoms with Crippen molar-refractivity contribution in [2.75, 3.05) is 13.6 Å². The Hall–Kier alpha value is -3.12. The van der Waals surface area contributed by atoms with E-state index in [0.717, 1.165) is 22.0 Å². The van der Waals surface area contributed by atoms with Gasteiger partial charge in [-0.1, -0.05) is 30.3 Å².